The van der Waals surface area contributed by atoms with Crippen LogP contribution in [-0.4, -0.2) is 0 Å². The highest BCUT2D eigenvalue weighted by Gasteiger charge is 2.43. The second-order valence-electron chi connectivity index (χ2n) is 14.9. The maximum absolute atomic E-state index is 3.48. The molecular weight excluding hydrogens is 555 g/mol. The second-order valence-corrected chi connectivity index (χ2v) is 14.9. The summed E-state index contributed by atoms with van der Waals surface area (Å²) in [5, 5.41) is 0. The van der Waals surface area contributed by atoms with E-state index in [1.807, 2.05) is 6.07 Å². The molecule has 1 heteroatoms. The molecule has 0 amide bonds. The first-order valence-electron chi connectivity index (χ1n) is 16.5. The number of benzene rings is 5. The van der Waals surface area contributed by atoms with Gasteiger partial charge in [-0.2, -0.15) is 0 Å². The lowest BCUT2D eigenvalue weighted by Gasteiger charge is -2.43. The van der Waals surface area contributed by atoms with E-state index in [2.05, 4.69) is 168 Å². The van der Waals surface area contributed by atoms with Crippen LogP contribution < -0.4 is 4.90 Å². The van der Waals surface area contributed by atoms with Gasteiger partial charge in [0, 0.05) is 27.5 Å². The Morgan fingerprint density at radius 2 is 1.11 bits per heavy atom. The maximum atomic E-state index is 3.48. The van der Waals surface area contributed by atoms with Crippen LogP contribution in [0, 0.1) is 12.1 Å². The predicted octanol–water partition coefficient (Wildman–Crippen LogP) is 11.7. The van der Waals surface area contributed by atoms with E-state index >= 15 is 0 Å². The maximum Gasteiger partial charge on any atom is 0.0506 e. The third-order valence-corrected chi connectivity index (χ3v) is 11.3. The minimum absolute atomic E-state index is 0.115. The van der Waals surface area contributed by atoms with E-state index in [9.17, 15) is 0 Å². The Morgan fingerprint density at radius 3 is 1.91 bits per heavy atom. The molecule has 3 aliphatic rings. The molecule has 6 aromatic rings. The summed E-state index contributed by atoms with van der Waals surface area (Å²) in [4.78, 5) is 2.53. The quantitative estimate of drug-likeness (QED) is 0.194. The molecule has 0 bridgehead atoms. The van der Waals surface area contributed by atoms with Crippen molar-refractivity contribution in [2.24, 2.45) is 0 Å². The van der Waals surface area contributed by atoms with E-state index in [0.29, 0.717) is 0 Å². The van der Waals surface area contributed by atoms with E-state index in [-0.39, 0.29) is 16.2 Å². The van der Waals surface area contributed by atoms with Gasteiger partial charge in [-0.15, -0.1) is 0 Å². The van der Waals surface area contributed by atoms with E-state index in [0.717, 1.165) is 0 Å². The average molecular weight is 592 g/mol. The van der Waals surface area contributed by atoms with Gasteiger partial charge in [0.2, 0.25) is 0 Å². The van der Waals surface area contributed by atoms with Crippen LogP contribution in [0.2, 0.25) is 0 Å². The first-order chi connectivity index (χ1) is 22.1. The minimum atomic E-state index is -0.164. The molecule has 0 saturated heterocycles. The molecule has 2 aliphatic carbocycles. The molecular formula is C45H37N. The van der Waals surface area contributed by atoms with Crippen LogP contribution in [0.3, 0.4) is 0 Å². The van der Waals surface area contributed by atoms with E-state index in [1.54, 1.807) is 0 Å². The Kier molecular flexibility index (Phi) is 5.35. The van der Waals surface area contributed by atoms with Crippen molar-refractivity contribution in [1.82, 2.24) is 0 Å². The monoisotopic (exact) mass is 591 g/mol. The Morgan fingerprint density at radius 1 is 0.457 bits per heavy atom. The van der Waals surface area contributed by atoms with Gasteiger partial charge in [-0.25, -0.2) is 0 Å². The SMILES string of the molecule is CC1(C)c2ccc#cc2-c2cc3c(cc21)N(c1ccc2c(c1)C(C)(C)c1cc(-c4ccccc4)ccc1-2)c1ccccc1C3(C)C. The first-order valence-corrected chi connectivity index (χ1v) is 16.5. The third-order valence-electron chi connectivity index (χ3n) is 11.3. The highest BCUT2D eigenvalue weighted by Crippen LogP contribution is 2.58. The molecule has 222 valence electrons. The summed E-state index contributed by atoms with van der Waals surface area (Å²) in [5.41, 5.74) is 19.2. The van der Waals surface area contributed by atoms with Crippen LogP contribution in [0.5, 0.6) is 0 Å². The van der Waals surface area contributed by atoms with Gasteiger partial charge in [0.15, 0.2) is 0 Å². The van der Waals surface area contributed by atoms with E-state index in [4.69, 9.17) is 0 Å². The second kappa shape index (κ2) is 9.02. The molecule has 46 heavy (non-hydrogen) atoms. The number of hydrogen-bond donors (Lipinski definition) is 0. The number of para-hydroxylation sites is 1. The van der Waals surface area contributed by atoms with Crippen molar-refractivity contribution in [3.05, 3.63) is 161 Å². The first kappa shape index (κ1) is 27.3. The summed E-state index contributed by atoms with van der Waals surface area (Å²) < 4.78 is 0. The molecule has 0 N–H and O–H groups in total. The highest BCUT2D eigenvalue weighted by molar-refractivity contribution is 5.93. The number of nitrogens with zero attached hydrogens (tertiary/aromatic N) is 1. The average Bonchev–Trinajstić information content (AvgIpc) is 3.43. The third kappa shape index (κ3) is 3.48. The van der Waals surface area contributed by atoms with Crippen molar-refractivity contribution in [1.29, 1.82) is 0 Å². The van der Waals surface area contributed by atoms with Crippen molar-refractivity contribution < 1.29 is 0 Å². The smallest absolute Gasteiger partial charge is 0.0506 e. The molecule has 1 aliphatic heterocycles. The summed E-state index contributed by atoms with van der Waals surface area (Å²) in [6.45, 7) is 14.2. The van der Waals surface area contributed by atoms with Crippen LogP contribution in [0.25, 0.3) is 33.4 Å². The molecule has 1 heterocycles. The lowest BCUT2D eigenvalue weighted by atomic mass is 9.71. The van der Waals surface area contributed by atoms with Gasteiger partial charge in [0.05, 0.1) is 11.4 Å². The largest absolute Gasteiger partial charge is 0.310 e. The van der Waals surface area contributed by atoms with Crippen LogP contribution >= 0.6 is 0 Å². The van der Waals surface area contributed by atoms with E-state index < -0.39 is 0 Å². The topological polar surface area (TPSA) is 3.24 Å². The van der Waals surface area contributed by atoms with Crippen molar-refractivity contribution in [2.45, 2.75) is 57.8 Å². The van der Waals surface area contributed by atoms with Gasteiger partial charge < -0.3 is 4.90 Å². The Labute approximate surface area is 273 Å². The van der Waals surface area contributed by atoms with Crippen molar-refractivity contribution >= 4 is 17.1 Å². The molecule has 6 aromatic carbocycles. The zero-order chi connectivity index (χ0) is 31.6. The molecule has 0 atom stereocenters. The van der Waals surface area contributed by atoms with Crippen molar-refractivity contribution in [3.63, 3.8) is 0 Å². The van der Waals surface area contributed by atoms with E-state index in [1.165, 1.54) is 83.8 Å². The number of anilines is 3. The number of rotatable bonds is 2. The minimum Gasteiger partial charge on any atom is -0.310 e. The number of hydrogen-bond acceptors (Lipinski definition) is 1. The Balaban J connectivity index is 1.24. The molecule has 0 fully saturated rings. The van der Waals surface area contributed by atoms with Crippen LogP contribution in [-0.2, 0) is 16.2 Å². The summed E-state index contributed by atoms with van der Waals surface area (Å²) in [6, 6.07) is 49.8. The normalized spacial score (nSPS) is 16.8. The lowest BCUT2D eigenvalue weighted by molar-refractivity contribution is 0.627. The molecule has 0 saturated carbocycles. The summed E-state index contributed by atoms with van der Waals surface area (Å²) in [6.07, 6.45) is 0. The highest BCUT2D eigenvalue weighted by atomic mass is 15.2. The van der Waals surface area contributed by atoms with Crippen LogP contribution in [0.1, 0.15) is 74.9 Å². The summed E-state index contributed by atoms with van der Waals surface area (Å²) >= 11 is 0. The molecule has 0 radical (unpaired) electrons. The van der Waals surface area contributed by atoms with Crippen LogP contribution in [0.4, 0.5) is 17.1 Å². The fourth-order valence-corrected chi connectivity index (χ4v) is 8.69. The summed E-state index contributed by atoms with van der Waals surface area (Å²) in [5.74, 6) is 0. The predicted molar refractivity (Wildman–Crippen MR) is 191 cm³/mol. The van der Waals surface area contributed by atoms with Crippen LogP contribution in [0.15, 0.2) is 115 Å². The zero-order valence-corrected chi connectivity index (χ0v) is 27.4. The molecule has 1 nitrogen and oxygen atoms in total. The zero-order valence-electron chi connectivity index (χ0n) is 27.4. The van der Waals surface area contributed by atoms with Crippen molar-refractivity contribution in [3.8, 4) is 33.4 Å². The van der Waals surface area contributed by atoms with Gasteiger partial charge in [0.1, 0.15) is 0 Å². The van der Waals surface area contributed by atoms with Gasteiger partial charge in [-0.05, 0) is 110 Å². The molecule has 0 aromatic heterocycles. The fourth-order valence-electron chi connectivity index (χ4n) is 8.69. The Hall–Kier alpha value is -5.06. The standard InChI is InChI=1S/C45H37N/c1-43(2)35-17-11-10-16-31(35)34-26-40-42(27-39(34)43)46(41-19-13-12-18-36(41)44(40,3)4)30-21-23-33-32-22-20-29(28-14-8-7-9-15-28)24-37(32)45(5,6)38(33)25-30/h7-9,11-15,17-27H,1-6H3. The molecule has 9 rings (SSSR count). The van der Waals surface area contributed by atoms with Gasteiger partial charge >= 0.3 is 0 Å². The fraction of sp³-hybridized carbons (Fsp3) is 0.200. The molecule has 0 unspecified atom stereocenters. The van der Waals surface area contributed by atoms with Gasteiger partial charge in [-0.3, -0.25) is 0 Å². The van der Waals surface area contributed by atoms with Gasteiger partial charge in [0.25, 0.3) is 0 Å². The molecule has 0 spiro atoms. The Bertz CT molecular complexity index is 2230. The van der Waals surface area contributed by atoms with Crippen molar-refractivity contribution in [2.75, 3.05) is 4.90 Å². The summed E-state index contributed by atoms with van der Waals surface area (Å²) in [7, 11) is 0. The lowest BCUT2D eigenvalue weighted by Crippen LogP contribution is -2.31. The van der Waals surface area contributed by atoms with Gasteiger partial charge in [-0.1, -0.05) is 120 Å². The number of fused-ring (bicyclic) bond motifs is 8.